The highest BCUT2D eigenvalue weighted by atomic mass is 35.5. The number of carbonyl (C=O) groups is 1. The zero-order valence-corrected chi connectivity index (χ0v) is 15.7. The fourth-order valence-corrected chi connectivity index (χ4v) is 2.89. The summed E-state index contributed by atoms with van der Waals surface area (Å²) in [5.74, 6) is 0.266. The molecule has 0 aliphatic carbocycles. The first-order valence-corrected chi connectivity index (χ1v) is 8.60. The van der Waals surface area contributed by atoms with Crippen LogP contribution >= 0.6 is 11.6 Å². The van der Waals surface area contributed by atoms with Crippen molar-refractivity contribution in [2.24, 2.45) is 12.1 Å². The summed E-state index contributed by atoms with van der Waals surface area (Å²) in [7, 11) is 2.01. The number of fused-ring (bicyclic) bond motifs is 1. The summed E-state index contributed by atoms with van der Waals surface area (Å²) in [6, 6.07) is 13.3. The van der Waals surface area contributed by atoms with E-state index in [1.54, 1.807) is 24.4 Å². The number of nitrogens with zero attached hydrogens (tertiary/aromatic N) is 2. The monoisotopic (exact) mass is 369 g/mol. The van der Waals surface area contributed by atoms with E-state index in [2.05, 4.69) is 21.2 Å². The van der Waals surface area contributed by atoms with Gasteiger partial charge in [-0.3, -0.25) is 4.79 Å². The number of hydrazone groups is 1. The molecular formula is C20H20ClN3O2. The van der Waals surface area contributed by atoms with E-state index in [0.717, 1.165) is 27.7 Å². The van der Waals surface area contributed by atoms with E-state index in [1.165, 1.54) is 0 Å². The molecule has 0 saturated carbocycles. The number of aryl methyl sites for hydroxylation is 2. The van der Waals surface area contributed by atoms with Crippen LogP contribution in [-0.4, -0.2) is 23.3 Å². The van der Waals surface area contributed by atoms with E-state index < -0.39 is 0 Å². The van der Waals surface area contributed by atoms with Crippen molar-refractivity contribution in [1.29, 1.82) is 0 Å². The molecule has 3 aromatic rings. The lowest BCUT2D eigenvalue weighted by molar-refractivity contribution is -0.123. The molecule has 1 aromatic heterocycles. The van der Waals surface area contributed by atoms with Crippen LogP contribution in [-0.2, 0) is 11.8 Å². The Bertz CT molecular complexity index is 992. The average Bonchev–Trinajstić information content (AvgIpc) is 2.88. The third kappa shape index (κ3) is 3.73. The van der Waals surface area contributed by atoms with Crippen LogP contribution in [0.1, 0.15) is 16.8 Å². The van der Waals surface area contributed by atoms with Gasteiger partial charge < -0.3 is 9.30 Å². The number of hydrogen-bond donors (Lipinski definition) is 1. The molecule has 1 heterocycles. The summed E-state index contributed by atoms with van der Waals surface area (Å²) in [5, 5.41) is 5.83. The summed E-state index contributed by atoms with van der Waals surface area (Å²) in [4.78, 5) is 11.9. The van der Waals surface area contributed by atoms with Gasteiger partial charge in [0.2, 0.25) is 0 Å². The fraction of sp³-hybridized carbons (Fsp3) is 0.200. The Labute approximate surface area is 157 Å². The molecule has 26 heavy (non-hydrogen) atoms. The number of ether oxygens (including phenoxy) is 1. The second kappa shape index (κ2) is 7.62. The van der Waals surface area contributed by atoms with Crippen LogP contribution in [0, 0.1) is 13.8 Å². The zero-order chi connectivity index (χ0) is 18.7. The van der Waals surface area contributed by atoms with Gasteiger partial charge in [-0.1, -0.05) is 29.8 Å². The molecule has 0 fully saturated rings. The molecule has 1 N–H and O–H groups in total. The summed E-state index contributed by atoms with van der Waals surface area (Å²) in [6.45, 7) is 3.79. The maximum atomic E-state index is 11.9. The summed E-state index contributed by atoms with van der Waals surface area (Å²) in [6.07, 6.45) is 1.67. The third-order valence-electron chi connectivity index (χ3n) is 4.33. The Morgan fingerprint density at radius 1 is 1.27 bits per heavy atom. The first-order chi connectivity index (χ1) is 12.5. The smallest absolute Gasteiger partial charge is 0.277 e. The zero-order valence-electron chi connectivity index (χ0n) is 14.9. The Morgan fingerprint density at radius 2 is 2.04 bits per heavy atom. The van der Waals surface area contributed by atoms with Crippen molar-refractivity contribution < 1.29 is 9.53 Å². The Hall–Kier alpha value is -2.79. The van der Waals surface area contributed by atoms with E-state index in [1.807, 2.05) is 39.1 Å². The number of halogens is 1. The molecule has 0 aliphatic rings. The van der Waals surface area contributed by atoms with Crippen LogP contribution < -0.4 is 10.2 Å². The van der Waals surface area contributed by atoms with E-state index in [4.69, 9.17) is 16.3 Å². The predicted molar refractivity (Wildman–Crippen MR) is 105 cm³/mol. The van der Waals surface area contributed by atoms with Gasteiger partial charge in [-0.15, -0.1) is 0 Å². The molecule has 0 aliphatic heterocycles. The maximum absolute atomic E-state index is 11.9. The molecule has 3 rings (SSSR count). The lowest BCUT2D eigenvalue weighted by Gasteiger charge is -2.06. The average molecular weight is 370 g/mol. The van der Waals surface area contributed by atoms with Crippen molar-refractivity contribution in [3.05, 3.63) is 64.3 Å². The minimum absolute atomic E-state index is 0.118. The molecule has 0 unspecified atom stereocenters. The highest BCUT2D eigenvalue weighted by molar-refractivity contribution is 6.31. The second-order valence-corrected chi connectivity index (χ2v) is 6.48. The van der Waals surface area contributed by atoms with Gasteiger partial charge in [0.15, 0.2) is 6.61 Å². The molecule has 0 spiro atoms. The first-order valence-electron chi connectivity index (χ1n) is 8.22. The van der Waals surface area contributed by atoms with Crippen molar-refractivity contribution in [3.8, 4) is 5.75 Å². The molecule has 5 nitrogen and oxygen atoms in total. The minimum Gasteiger partial charge on any atom is -0.484 e. The van der Waals surface area contributed by atoms with E-state index in [9.17, 15) is 4.79 Å². The van der Waals surface area contributed by atoms with E-state index in [0.29, 0.717) is 10.8 Å². The van der Waals surface area contributed by atoms with Gasteiger partial charge in [0.1, 0.15) is 5.75 Å². The molecule has 0 atom stereocenters. The Balaban J connectivity index is 1.63. The summed E-state index contributed by atoms with van der Waals surface area (Å²) < 4.78 is 7.56. The van der Waals surface area contributed by atoms with Gasteiger partial charge in [0.05, 0.1) is 6.21 Å². The number of amides is 1. The van der Waals surface area contributed by atoms with Gasteiger partial charge in [-0.05, 0) is 43.7 Å². The largest absolute Gasteiger partial charge is 0.484 e. The fourth-order valence-electron chi connectivity index (χ4n) is 2.77. The highest BCUT2D eigenvalue weighted by Crippen LogP contribution is 2.23. The van der Waals surface area contributed by atoms with E-state index >= 15 is 0 Å². The van der Waals surface area contributed by atoms with Gasteiger partial charge in [0, 0.05) is 34.2 Å². The lowest BCUT2D eigenvalue weighted by Crippen LogP contribution is -2.24. The number of para-hydroxylation sites is 1. The van der Waals surface area contributed by atoms with E-state index in [-0.39, 0.29) is 12.5 Å². The van der Waals surface area contributed by atoms with Crippen LogP contribution in [0.2, 0.25) is 5.02 Å². The van der Waals surface area contributed by atoms with Crippen molar-refractivity contribution in [2.45, 2.75) is 13.8 Å². The quantitative estimate of drug-likeness (QED) is 0.546. The number of nitrogens with one attached hydrogen (secondary N) is 1. The van der Waals surface area contributed by atoms with Crippen LogP contribution in [0.15, 0.2) is 47.6 Å². The molecule has 6 heteroatoms. The first kappa shape index (κ1) is 18.0. The highest BCUT2D eigenvalue weighted by Gasteiger charge is 2.09. The van der Waals surface area contributed by atoms with Crippen molar-refractivity contribution in [2.75, 3.05) is 6.61 Å². The number of aromatic nitrogens is 1. The number of benzene rings is 2. The number of rotatable bonds is 5. The molecule has 0 saturated heterocycles. The normalized spacial score (nSPS) is 11.2. The van der Waals surface area contributed by atoms with Crippen molar-refractivity contribution in [3.63, 3.8) is 0 Å². The molecule has 0 radical (unpaired) electrons. The number of carbonyl (C=O) groups excluding carboxylic acids is 1. The molecule has 1 amide bonds. The van der Waals surface area contributed by atoms with Gasteiger partial charge >= 0.3 is 0 Å². The lowest BCUT2D eigenvalue weighted by atomic mass is 10.1. The standard InChI is InChI=1S/C20H20ClN3O2/c1-13-10-15(8-9-18(13)21)26-12-20(25)23-22-11-17-14(2)24(3)19-7-5-4-6-16(17)19/h4-11H,12H2,1-3H3,(H,23,25)/b22-11-. The van der Waals surface area contributed by atoms with Gasteiger partial charge in [0.25, 0.3) is 5.91 Å². The van der Waals surface area contributed by atoms with Gasteiger partial charge in [-0.2, -0.15) is 5.10 Å². The Morgan fingerprint density at radius 3 is 2.81 bits per heavy atom. The van der Waals surface area contributed by atoms with Crippen LogP contribution in [0.5, 0.6) is 5.75 Å². The SMILES string of the molecule is Cc1cc(OCC(=O)N/N=C\c2c(C)n(C)c3ccccc23)ccc1Cl. The molecular weight excluding hydrogens is 350 g/mol. The van der Waals surface area contributed by atoms with Crippen LogP contribution in [0.3, 0.4) is 0 Å². The van der Waals surface area contributed by atoms with Gasteiger partial charge in [-0.25, -0.2) is 5.43 Å². The van der Waals surface area contributed by atoms with Crippen molar-refractivity contribution >= 4 is 34.6 Å². The maximum Gasteiger partial charge on any atom is 0.277 e. The van der Waals surface area contributed by atoms with Crippen molar-refractivity contribution in [1.82, 2.24) is 9.99 Å². The summed E-state index contributed by atoms with van der Waals surface area (Å²) >= 11 is 5.97. The Kier molecular flexibility index (Phi) is 5.28. The third-order valence-corrected chi connectivity index (χ3v) is 4.75. The topological polar surface area (TPSA) is 55.6 Å². The minimum atomic E-state index is -0.327. The second-order valence-electron chi connectivity index (χ2n) is 6.07. The predicted octanol–water partition coefficient (Wildman–Crippen LogP) is 3.98. The molecule has 0 bridgehead atoms. The summed E-state index contributed by atoms with van der Waals surface area (Å²) in [5.41, 5.74) is 6.58. The number of hydrogen-bond acceptors (Lipinski definition) is 3. The van der Waals surface area contributed by atoms with Crippen LogP contribution in [0.4, 0.5) is 0 Å². The molecule has 2 aromatic carbocycles. The van der Waals surface area contributed by atoms with Crippen LogP contribution in [0.25, 0.3) is 10.9 Å². The molecule has 134 valence electrons.